The van der Waals surface area contributed by atoms with E-state index in [4.69, 9.17) is 11.5 Å². The van der Waals surface area contributed by atoms with Crippen LogP contribution in [0.5, 0.6) is 0 Å². The van der Waals surface area contributed by atoms with Gasteiger partial charge in [-0.1, -0.05) is 0 Å². The molecule has 1 heterocycles. The van der Waals surface area contributed by atoms with E-state index in [9.17, 15) is 4.79 Å². The minimum absolute atomic E-state index is 0.141. The number of aryl methyl sites for hydroxylation is 1. The number of nitrogens with one attached hydrogen (secondary N) is 1. The maximum absolute atomic E-state index is 11.0. The number of rotatable bonds is 0. The molecule has 0 aliphatic heterocycles. The number of nitrogen functional groups attached to an aromatic ring is 1. The third-order valence-corrected chi connectivity index (χ3v) is 2.38. The van der Waals surface area contributed by atoms with Crippen molar-refractivity contribution in [1.29, 1.82) is 0 Å². The van der Waals surface area contributed by atoms with E-state index in [0.717, 1.165) is 24.1 Å². The van der Waals surface area contributed by atoms with Crippen molar-refractivity contribution in [2.24, 2.45) is 5.73 Å². The summed E-state index contributed by atoms with van der Waals surface area (Å²) in [5.74, 6) is 0.328. The highest BCUT2D eigenvalue weighted by atomic mass is 16.1. The topological polar surface area (TPSA) is 97.8 Å². The fourth-order valence-corrected chi connectivity index (χ4v) is 1.70. The highest BCUT2D eigenvalue weighted by Crippen LogP contribution is 2.20. The van der Waals surface area contributed by atoms with Gasteiger partial charge in [0, 0.05) is 17.3 Å². The molecule has 70 valence electrons. The number of anilines is 1. The normalized spacial score (nSPS) is 21.2. The molecule has 2 rings (SSSR count). The minimum atomic E-state index is -0.369. The van der Waals surface area contributed by atoms with Crippen LogP contribution in [0.25, 0.3) is 0 Å². The van der Waals surface area contributed by atoms with Crippen molar-refractivity contribution >= 4 is 5.82 Å². The van der Waals surface area contributed by atoms with Crippen LogP contribution in [0.4, 0.5) is 5.82 Å². The van der Waals surface area contributed by atoms with E-state index in [-0.39, 0.29) is 11.7 Å². The Bertz CT molecular complexity index is 384. The van der Waals surface area contributed by atoms with Crippen molar-refractivity contribution in [1.82, 2.24) is 9.97 Å². The van der Waals surface area contributed by atoms with Crippen LogP contribution in [0.1, 0.15) is 17.7 Å². The number of H-pyrrole nitrogens is 1. The Labute approximate surface area is 75.2 Å². The molecule has 1 aromatic heterocycles. The molecule has 0 aromatic carbocycles. The van der Waals surface area contributed by atoms with Crippen LogP contribution >= 0.6 is 0 Å². The zero-order valence-electron chi connectivity index (χ0n) is 7.21. The molecule has 0 bridgehead atoms. The van der Waals surface area contributed by atoms with E-state index in [1.807, 2.05) is 0 Å². The smallest absolute Gasteiger partial charge is 0.347 e. The van der Waals surface area contributed by atoms with Crippen LogP contribution in [0.3, 0.4) is 0 Å². The van der Waals surface area contributed by atoms with E-state index in [1.165, 1.54) is 0 Å². The minimum Gasteiger partial charge on any atom is -0.383 e. The van der Waals surface area contributed by atoms with Crippen LogP contribution in [-0.2, 0) is 12.8 Å². The number of aromatic amines is 1. The molecule has 0 amide bonds. The van der Waals surface area contributed by atoms with Gasteiger partial charge < -0.3 is 16.5 Å². The Hall–Kier alpha value is -1.36. The van der Waals surface area contributed by atoms with Gasteiger partial charge in [-0.05, 0) is 19.3 Å². The first-order valence-corrected chi connectivity index (χ1v) is 4.30. The van der Waals surface area contributed by atoms with E-state index < -0.39 is 0 Å². The molecule has 0 fully saturated rings. The van der Waals surface area contributed by atoms with Gasteiger partial charge in [0.05, 0.1) is 0 Å². The first-order chi connectivity index (χ1) is 6.16. The summed E-state index contributed by atoms with van der Waals surface area (Å²) >= 11 is 0. The third-order valence-electron chi connectivity index (χ3n) is 2.38. The Morgan fingerprint density at radius 3 is 3.08 bits per heavy atom. The second kappa shape index (κ2) is 2.85. The molecule has 0 radical (unpaired) electrons. The van der Waals surface area contributed by atoms with Gasteiger partial charge in [-0.3, -0.25) is 0 Å². The summed E-state index contributed by atoms with van der Waals surface area (Å²) in [5.41, 5.74) is 12.8. The quantitative estimate of drug-likeness (QED) is 0.485. The van der Waals surface area contributed by atoms with Gasteiger partial charge in [0.1, 0.15) is 5.82 Å². The highest BCUT2D eigenvalue weighted by molar-refractivity contribution is 5.43. The molecule has 0 saturated heterocycles. The molecular weight excluding hydrogens is 168 g/mol. The van der Waals surface area contributed by atoms with Gasteiger partial charge in [0.15, 0.2) is 0 Å². The van der Waals surface area contributed by atoms with Crippen LogP contribution in [0, 0.1) is 0 Å². The number of nitrogens with zero attached hydrogens (tertiary/aromatic N) is 1. The van der Waals surface area contributed by atoms with Crippen LogP contribution < -0.4 is 17.2 Å². The lowest BCUT2D eigenvalue weighted by molar-refractivity contribution is 0.563. The zero-order chi connectivity index (χ0) is 9.42. The molecule has 1 atom stereocenters. The monoisotopic (exact) mass is 180 g/mol. The summed E-state index contributed by atoms with van der Waals surface area (Å²) in [6.07, 6.45) is 2.40. The van der Waals surface area contributed by atoms with Gasteiger partial charge >= 0.3 is 5.69 Å². The molecule has 1 aromatic rings. The molecule has 5 N–H and O–H groups in total. The average Bonchev–Trinajstić information content (AvgIpc) is 2.06. The summed E-state index contributed by atoms with van der Waals surface area (Å²) in [4.78, 5) is 17.3. The molecule has 0 spiro atoms. The molecule has 0 saturated carbocycles. The molecule has 5 nitrogen and oxygen atoms in total. The number of fused-ring (bicyclic) bond motifs is 1. The van der Waals surface area contributed by atoms with Gasteiger partial charge in [-0.2, -0.15) is 4.98 Å². The second-order valence-electron chi connectivity index (χ2n) is 3.39. The number of hydrogen-bond donors (Lipinski definition) is 3. The fraction of sp³-hybridized carbons (Fsp3) is 0.500. The predicted octanol–water partition coefficient (Wildman–Crippen LogP) is -0.832. The lowest BCUT2D eigenvalue weighted by Crippen LogP contribution is -2.31. The van der Waals surface area contributed by atoms with Crippen LogP contribution in [-0.4, -0.2) is 16.0 Å². The van der Waals surface area contributed by atoms with Gasteiger partial charge in [0.25, 0.3) is 0 Å². The van der Waals surface area contributed by atoms with Gasteiger partial charge in [-0.15, -0.1) is 0 Å². The number of aromatic nitrogens is 2. The van der Waals surface area contributed by atoms with E-state index in [2.05, 4.69) is 9.97 Å². The lowest BCUT2D eigenvalue weighted by Gasteiger charge is -2.21. The molecule has 5 heteroatoms. The van der Waals surface area contributed by atoms with Crippen molar-refractivity contribution in [2.45, 2.75) is 25.3 Å². The van der Waals surface area contributed by atoms with Crippen molar-refractivity contribution in [3.63, 3.8) is 0 Å². The molecule has 1 aliphatic rings. The Morgan fingerprint density at radius 1 is 1.54 bits per heavy atom. The Balaban J connectivity index is 2.53. The summed E-state index contributed by atoms with van der Waals surface area (Å²) < 4.78 is 0. The van der Waals surface area contributed by atoms with Crippen molar-refractivity contribution in [3.05, 3.63) is 21.7 Å². The molecular formula is C8H12N4O. The van der Waals surface area contributed by atoms with E-state index >= 15 is 0 Å². The summed E-state index contributed by atoms with van der Waals surface area (Å²) in [5, 5.41) is 0. The van der Waals surface area contributed by atoms with Gasteiger partial charge in [0.2, 0.25) is 0 Å². The number of hydrogen-bond acceptors (Lipinski definition) is 4. The average molecular weight is 180 g/mol. The maximum Gasteiger partial charge on any atom is 0.347 e. The fourth-order valence-electron chi connectivity index (χ4n) is 1.70. The van der Waals surface area contributed by atoms with Crippen molar-refractivity contribution < 1.29 is 0 Å². The van der Waals surface area contributed by atoms with Crippen molar-refractivity contribution in [3.8, 4) is 0 Å². The third kappa shape index (κ3) is 1.42. The van der Waals surface area contributed by atoms with Gasteiger partial charge in [-0.25, -0.2) is 4.79 Å². The largest absolute Gasteiger partial charge is 0.383 e. The van der Waals surface area contributed by atoms with Crippen LogP contribution in [0.15, 0.2) is 4.79 Å². The molecule has 1 unspecified atom stereocenters. The van der Waals surface area contributed by atoms with Crippen LogP contribution in [0.2, 0.25) is 0 Å². The zero-order valence-corrected chi connectivity index (χ0v) is 7.21. The molecule has 13 heavy (non-hydrogen) atoms. The molecule has 1 aliphatic carbocycles. The predicted molar refractivity (Wildman–Crippen MR) is 49.3 cm³/mol. The Kier molecular flexibility index (Phi) is 1.81. The summed E-state index contributed by atoms with van der Waals surface area (Å²) in [6, 6.07) is 0.141. The number of nitrogens with two attached hydrogens (primary N) is 2. The summed E-state index contributed by atoms with van der Waals surface area (Å²) in [6.45, 7) is 0. The van der Waals surface area contributed by atoms with E-state index in [1.54, 1.807) is 0 Å². The first-order valence-electron chi connectivity index (χ1n) is 4.30. The first kappa shape index (κ1) is 8.25. The van der Waals surface area contributed by atoms with E-state index in [0.29, 0.717) is 12.2 Å². The standard InChI is InChI=1S/C8H12N4O/c9-4-1-2-6-5(3-4)7(10)12-8(13)11-6/h4H,1-3,9H2,(H3,10,11,12,13). The maximum atomic E-state index is 11.0. The van der Waals surface area contributed by atoms with Crippen molar-refractivity contribution in [2.75, 3.05) is 5.73 Å². The Morgan fingerprint density at radius 2 is 2.31 bits per heavy atom. The SMILES string of the molecule is Nc1nc(=O)[nH]c2c1CC(N)CC2. The highest BCUT2D eigenvalue weighted by Gasteiger charge is 2.19. The summed E-state index contributed by atoms with van der Waals surface area (Å²) in [7, 11) is 0. The second-order valence-corrected chi connectivity index (χ2v) is 3.39. The lowest BCUT2D eigenvalue weighted by atomic mass is 9.93.